The average molecular weight is 654 g/mol. The summed E-state index contributed by atoms with van der Waals surface area (Å²) >= 11 is 0. The van der Waals surface area contributed by atoms with Gasteiger partial charge >= 0.3 is 24.6 Å². The number of amides is 1. The summed E-state index contributed by atoms with van der Waals surface area (Å²) in [6.45, 7) is 1.66. The molecular weight excluding hydrogens is 617 g/mol. The SMILES string of the molecule is COc1ccc(C(OC[C@H]2O[C@@H](n3cc(C)c(NC(=O)c4ccccc4)nc3=O)C[C@@H]2[O-])(c2ccccc2)c2ccc(OC)cc2)cc1.[Li+]. The second-order valence-electron chi connectivity index (χ2n) is 11.5. The molecule has 2 heterocycles. The van der Waals surface area contributed by atoms with E-state index in [1.165, 1.54) is 4.57 Å². The van der Waals surface area contributed by atoms with Gasteiger partial charge in [-0.05, 0) is 66.4 Å². The van der Waals surface area contributed by atoms with E-state index in [1.807, 2.05) is 84.9 Å². The normalized spacial score (nSPS) is 17.2. The van der Waals surface area contributed by atoms with Gasteiger partial charge in [-0.3, -0.25) is 9.36 Å². The minimum Gasteiger partial charge on any atom is -0.850 e. The molecule has 0 bridgehead atoms. The summed E-state index contributed by atoms with van der Waals surface area (Å²) in [6.07, 6.45) is -1.32. The first kappa shape index (κ1) is 35.6. The van der Waals surface area contributed by atoms with Crippen LogP contribution in [0.25, 0.3) is 0 Å². The predicted molar refractivity (Wildman–Crippen MR) is 178 cm³/mol. The Kier molecular flexibility index (Phi) is 11.4. The molecule has 1 aromatic heterocycles. The average Bonchev–Trinajstić information content (AvgIpc) is 3.50. The third-order valence-electron chi connectivity index (χ3n) is 8.53. The number of hydrogen-bond donors (Lipinski definition) is 1. The summed E-state index contributed by atoms with van der Waals surface area (Å²) < 4.78 is 25.2. The minimum atomic E-state index is -1.18. The van der Waals surface area contributed by atoms with E-state index in [2.05, 4.69) is 10.3 Å². The van der Waals surface area contributed by atoms with E-state index < -0.39 is 29.7 Å². The van der Waals surface area contributed by atoms with Gasteiger partial charge in [-0.2, -0.15) is 4.98 Å². The molecule has 1 fully saturated rings. The Morgan fingerprint density at radius 1 is 0.878 bits per heavy atom. The van der Waals surface area contributed by atoms with Crippen molar-refractivity contribution in [2.75, 3.05) is 26.1 Å². The van der Waals surface area contributed by atoms with E-state index in [1.54, 1.807) is 51.6 Å². The maximum Gasteiger partial charge on any atom is 1.00 e. The molecule has 6 rings (SSSR count). The van der Waals surface area contributed by atoms with Gasteiger partial charge in [0.25, 0.3) is 5.91 Å². The fraction of sp³-hybridized carbons (Fsp3) is 0.237. The van der Waals surface area contributed by atoms with E-state index >= 15 is 0 Å². The standard InChI is InChI=1S/C38H36N3O7.Li/c1-25-23-41(37(44)40-35(25)39-36(43)26-10-6-4-7-11-26)34-22-32(42)33(48-34)24-47-38(27-12-8-5-9-13-27,28-14-18-30(45-2)19-15-28)29-16-20-31(46-3)21-17-29;/h4-21,23,32-34H,22,24H2,1-3H3,(H,39,40,43,44);/q-1;+1/t32-,33+,34+;/m0./s1. The van der Waals surface area contributed by atoms with Gasteiger partial charge in [-0.15, -0.1) is 0 Å². The number of hydrogen-bond acceptors (Lipinski definition) is 8. The fourth-order valence-electron chi connectivity index (χ4n) is 5.97. The third-order valence-corrected chi connectivity index (χ3v) is 8.53. The molecule has 11 heteroatoms. The molecule has 3 atom stereocenters. The number of aromatic nitrogens is 2. The summed E-state index contributed by atoms with van der Waals surface area (Å²) in [5.41, 5.74) is 1.71. The molecular formula is C38H36LiN3O7. The molecule has 4 aromatic carbocycles. The van der Waals surface area contributed by atoms with Crippen molar-refractivity contribution in [3.05, 3.63) is 154 Å². The number of benzene rings is 4. The zero-order valence-electron chi connectivity index (χ0n) is 27.9. The predicted octanol–water partition coefficient (Wildman–Crippen LogP) is 1.85. The molecule has 10 nitrogen and oxygen atoms in total. The van der Waals surface area contributed by atoms with Crippen molar-refractivity contribution in [2.24, 2.45) is 0 Å². The Hall–Kier alpha value is -4.69. The van der Waals surface area contributed by atoms with Crippen molar-refractivity contribution in [1.82, 2.24) is 9.55 Å². The van der Waals surface area contributed by atoms with Crippen LogP contribution in [0.3, 0.4) is 0 Å². The Morgan fingerprint density at radius 2 is 1.41 bits per heavy atom. The van der Waals surface area contributed by atoms with Crippen molar-refractivity contribution in [3.63, 3.8) is 0 Å². The van der Waals surface area contributed by atoms with E-state index in [4.69, 9.17) is 18.9 Å². The zero-order valence-corrected chi connectivity index (χ0v) is 27.9. The quantitative estimate of drug-likeness (QED) is 0.169. The third kappa shape index (κ3) is 7.49. The molecule has 246 valence electrons. The Balaban J connectivity index is 0.00000468. The number of carbonyl (C=O) groups is 1. The number of carbonyl (C=O) groups excluding carboxylic acids is 1. The number of methoxy groups -OCH3 is 2. The largest absolute Gasteiger partial charge is 1.00 e. The van der Waals surface area contributed by atoms with Crippen LogP contribution in [0.4, 0.5) is 5.82 Å². The molecule has 0 aliphatic carbocycles. The van der Waals surface area contributed by atoms with Crippen molar-refractivity contribution in [3.8, 4) is 11.5 Å². The van der Waals surface area contributed by atoms with Crippen LogP contribution in [0.15, 0.2) is 120 Å². The monoisotopic (exact) mass is 653 g/mol. The van der Waals surface area contributed by atoms with Crippen LogP contribution in [0, 0.1) is 6.92 Å². The zero-order chi connectivity index (χ0) is 33.7. The van der Waals surface area contributed by atoms with Crippen LogP contribution >= 0.6 is 0 Å². The molecule has 49 heavy (non-hydrogen) atoms. The van der Waals surface area contributed by atoms with Gasteiger partial charge in [0.05, 0.1) is 26.9 Å². The second-order valence-corrected chi connectivity index (χ2v) is 11.5. The summed E-state index contributed by atoms with van der Waals surface area (Å²) in [7, 11) is 3.22. The van der Waals surface area contributed by atoms with Gasteiger partial charge in [-0.25, -0.2) is 4.79 Å². The molecule has 1 N–H and O–H groups in total. The summed E-state index contributed by atoms with van der Waals surface area (Å²) in [6, 6.07) is 33.6. The van der Waals surface area contributed by atoms with Gasteiger partial charge in [0, 0.05) is 17.3 Å². The topological polar surface area (TPSA) is 124 Å². The number of anilines is 1. The van der Waals surface area contributed by atoms with E-state index in [-0.39, 0.29) is 43.6 Å². The van der Waals surface area contributed by atoms with Crippen LogP contribution in [-0.4, -0.2) is 48.5 Å². The van der Waals surface area contributed by atoms with Gasteiger partial charge in [-0.1, -0.05) is 78.9 Å². The fourth-order valence-corrected chi connectivity index (χ4v) is 5.97. The van der Waals surface area contributed by atoms with Crippen molar-refractivity contribution in [1.29, 1.82) is 0 Å². The molecule has 1 aliphatic rings. The van der Waals surface area contributed by atoms with E-state index in [9.17, 15) is 14.7 Å². The molecule has 1 saturated heterocycles. The molecule has 1 aliphatic heterocycles. The molecule has 0 spiro atoms. The van der Waals surface area contributed by atoms with Crippen LogP contribution < -0.4 is 44.4 Å². The van der Waals surface area contributed by atoms with Gasteiger partial charge in [0.1, 0.15) is 29.1 Å². The van der Waals surface area contributed by atoms with Crippen LogP contribution in [0.2, 0.25) is 0 Å². The number of ether oxygens (including phenoxy) is 4. The number of aryl methyl sites for hydroxylation is 1. The Bertz CT molecular complexity index is 1860. The smallest absolute Gasteiger partial charge is 0.850 e. The summed E-state index contributed by atoms with van der Waals surface area (Å²) in [4.78, 5) is 29.9. The Morgan fingerprint density at radius 3 is 1.96 bits per heavy atom. The van der Waals surface area contributed by atoms with Crippen LogP contribution in [0.1, 0.15) is 45.3 Å². The van der Waals surface area contributed by atoms with Crippen molar-refractivity contribution in [2.45, 2.75) is 37.4 Å². The molecule has 5 aromatic rings. The number of rotatable bonds is 11. The summed E-state index contributed by atoms with van der Waals surface area (Å²) in [5, 5.41) is 16.2. The maximum atomic E-state index is 13.5. The number of nitrogens with zero attached hydrogens (tertiary/aromatic N) is 2. The molecule has 0 unspecified atom stereocenters. The first-order valence-electron chi connectivity index (χ1n) is 15.6. The van der Waals surface area contributed by atoms with Gasteiger partial charge in [0.15, 0.2) is 0 Å². The molecule has 0 radical (unpaired) electrons. The van der Waals surface area contributed by atoms with Crippen molar-refractivity contribution >= 4 is 11.7 Å². The Labute approximate surface area is 296 Å². The van der Waals surface area contributed by atoms with E-state index in [0.29, 0.717) is 22.6 Å². The van der Waals surface area contributed by atoms with Crippen LogP contribution in [0.5, 0.6) is 11.5 Å². The first-order chi connectivity index (χ1) is 23.3. The van der Waals surface area contributed by atoms with Gasteiger partial charge in [0.2, 0.25) is 0 Å². The molecule has 1 amide bonds. The van der Waals surface area contributed by atoms with Crippen LogP contribution in [-0.2, 0) is 15.1 Å². The summed E-state index contributed by atoms with van der Waals surface area (Å²) in [5.74, 6) is 1.15. The number of nitrogens with one attached hydrogen (secondary N) is 1. The minimum absolute atomic E-state index is 0. The van der Waals surface area contributed by atoms with Gasteiger partial charge < -0.3 is 29.4 Å². The maximum absolute atomic E-state index is 13.5. The molecule has 0 saturated carbocycles. The van der Waals surface area contributed by atoms with E-state index in [0.717, 1.165) is 16.7 Å². The first-order valence-corrected chi connectivity index (χ1v) is 15.6. The second kappa shape index (κ2) is 15.7. The van der Waals surface area contributed by atoms with Crippen molar-refractivity contribution < 1.29 is 47.7 Å².